The number of carboxylic acid groups (broad SMARTS) is 1. The summed E-state index contributed by atoms with van der Waals surface area (Å²) in [5.41, 5.74) is 0.887. The molecule has 3 aromatic rings. The van der Waals surface area contributed by atoms with E-state index < -0.39 is 23.4 Å². The van der Waals surface area contributed by atoms with Gasteiger partial charge in [0.2, 0.25) is 5.62 Å². The largest absolute Gasteiger partial charge is 0.489 e. The van der Waals surface area contributed by atoms with Crippen LogP contribution in [-0.2, 0) is 11.3 Å². The van der Waals surface area contributed by atoms with Crippen molar-refractivity contribution in [2.24, 2.45) is 4.99 Å². The van der Waals surface area contributed by atoms with Gasteiger partial charge in [0, 0.05) is 0 Å². The van der Waals surface area contributed by atoms with E-state index >= 15 is 0 Å². The second-order valence-corrected chi connectivity index (χ2v) is 8.73. The van der Waals surface area contributed by atoms with Gasteiger partial charge in [0.05, 0.1) is 35.8 Å². The first kappa shape index (κ1) is 25.0. The number of halogens is 1. The van der Waals surface area contributed by atoms with Gasteiger partial charge in [-0.1, -0.05) is 41.4 Å². The fourth-order valence-corrected chi connectivity index (χ4v) is 3.62. The highest BCUT2D eigenvalue weighted by atomic mass is 35.5. The Balaban J connectivity index is 2.18. The minimum absolute atomic E-state index is 0.0166. The third-order valence-corrected chi connectivity index (χ3v) is 5.31. The molecule has 0 unspecified atom stereocenters. The topological polar surface area (TPSA) is 119 Å². The van der Waals surface area contributed by atoms with Gasteiger partial charge in [0.15, 0.2) is 0 Å². The number of carbonyl (C=O) groups is 1. The Bertz CT molecular complexity index is 1370. The van der Waals surface area contributed by atoms with Gasteiger partial charge in [-0.2, -0.15) is 0 Å². The van der Waals surface area contributed by atoms with Crippen LogP contribution in [0.2, 0.25) is 5.02 Å². The molecule has 2 N–H and O–H groups in total. The summed E-state index contributed by atoms with van der Waals surface area (Å²) in [7, 11) is 0. The molecule has 0 aliphatic heterocycles. The summed E-state index contributed by atoms with van der Waals surface area (Å²) in [4.78, 5) is 44.4. The van der Waals surface area contributed by atoms with Crippen molar-refractivity contribution in [2.45, 2.75) is 52.8 Å². The van der Waals surface area contributed by atoms with E-state index in [1.807, 2.05) is 45.0 Å². The van der Waals surface area contributed by atoms with E-state index in [1.165, 1.54) is 11.5 Å². The SMILES string of the molecule is Cc1ccc(Cn2c(=O)n([C@H](C)CC(=O)O)c(=O)[nH]/c2=N\c2ccc(OC(C)C)c(Cl)c2)cc1. The molecule has 0 bridgehead atoms. The Morgan fingerprint density at radius 2 is 1.82 bits per heavy atom. The van der Waals surface area contributed by atoms with Crippen LogP contribution in [0.3, 0.4) is 0 Å². The molecule has 10 heteroatoms. The number of nitrogens with zero attached hydrogens (tertiary/aromatic N) is 3. The maximum atomic E-state index is 13.3. The second-order valence-electron chi connectivity index (χ2n) is 8.32. The number of aliphatic carboxylic acids is 1. The van der Waals surface area contributed by atoms with E-state index in [4.69, 9.17) is 21.4 Å². The van der Waals surface area contributed by atoms with Gasteiger partial charge in [0.25, 0.3) is 0 Å². The van der Waals surface area contributed by atoms with Gasteiger partial charge in [-0.25, -0.2) is 19.1 Å². The molecule has 34 heavy (non-hydrogen) atoms. The zero-order valence-corrected chi connectivity index (χ0v) is 20.2. The molecule has 0 saturated heterocycles. The lowest BCUT2D eigenvalue weighted by atomic mass is 10.1. The number of benzene rings is 2. The van der Waals surface area contributed by atoms with Gasteiger partial charge in [0.1, 0.15) is 5.75 Å². The number of nitrogens with one attached hydrogen (secondary N) is 1. The van der Waals surface area contributed by atoms with Crippen molar-refractivity contribution in [3.8, 4) is 5.75 Å². The van der Waals surface area contributed by atoms with Crippen LogP contribution in [0.25, 0.3) is 0 Å². The van der Waals surface area contributed by atoms with Crippen molar-refractivity contribution in [1.29, 1.82) is 0 Å². The summed E-state index contributed by atoms with van der Waals surface area (Å²) in [5, 5.41) is 9.47. The summed E-state index contributed by atoms with van der Waals surface area (Å²) in [6.07, 6.45) is -0.439. The van der Waals surface area contributed by atoms with Gasteiger partial charge < -0.3 is 9.84 Å². The number of ether oxygens (including phenoxy) is 1. The maximum Gasteiger partial charge on any atom is 0.335 e. The van der Waals surface area contributed by atoms with Crippen LogP contribution in [0.5, 0.6) is 5.75 Å². The van der Waals surface area contributed by atoms with Crippen LogP contribution in [0, 0.1) is 6.92 Å². The number of aromatic nitrogens is 3. The highest BCUT2D eigenvalue weighted by molar-refractivity contribution is 6.32. The summed E-state index contributed by atoms with van der Waals surface area (Å²) in [6.45, 7) is 7.35. The maximum absolute atomic E-state index is 13.3. The molecule has 1 aromatic heterocycles. The van der Waals surface area contributed by atoms with Crippen LogP contribution >= 0.6 is 11.6 Å². The van der Waals surface area contributed by atoms with Crippen LogP contribution in [-0.4, -0.2) is 31.3 Å². The lowest BCUT2D eigenvalue weighted by Crippen LogP contribution is -2.51. The number of rotatable bonds is 8. The lowest BCUT2D eigenvalue weighted by Gasteiger charge is -2.15. The van der Waals surface area contributed by atoms with Crippen molar-refractivity contribution in [1.82, 2.24) is 14.1 Å². The summed E-state index contributed by atoms with van der Waals surface area (Å²) >= 11 is 6.32. The highest BCUT2D eigenvalue weighted by Crippen LogP contribution is 2.29. The molecule has 9 nitrogen and oxygen atoms in total. The summed E-state index contributed by atoms with van der Waals surface area (Å²) in [6, 6.07) is 11.6. The monoisotopic (exact) mass is 486 g/mol. The Morgan fingerprint density at radius 3 is 2.41 bits per heavy atom. The van der Waals surface area contributed by atoms with Crippen LogP contribution in [0.1, 0.15) is 44.4 Å². The summed E-state index contributed by atoms with van der Waals surface area (Å²) in [5.74, 6) is -0.620. The minimum Gasteiger partial charge on any atom is -0.489 e. The number of aryl methyl sites for hydroxylation is 1. The molecule has 0 aliphatic rings. The Labute approximate surface area is 200 Å². The van der Waals surface area contributed by atoms with Gasteiger partial charge in [-0.15, -0.1) is 0 Å². The smallest absolute Gasteiger partial charge is 0.335 e. The fraction of sp³-hybridized carbons (Fsp3) is 0.333. The molecule has 0 spiro atoms. The zero-order valence-electron chi connectivity index (χ0n) is 19.4. The first-order valence-corrected chi connectivity index (χ1v) is 11.2. The Morgan fingerprint density at radius 1 is 1.15 bits per heavy atom. The minimum atomic E-state index is -1.11. The number of H-pyrrole nitrogens is 1. The predicted octanol–water partition coefficient (Wildman–Crippen LogP) is 3.40. The Hall–Kier alpha value is -3.59. The van der Waals surface area contributed by atoms with Crippen molar-refractivity contribution in [3.63, 3.8) is 0 Å². The molecule has 0 saturated carbocycles. The average Bonchev–Trinajstić information content (AvgIpc) is 2.73. The normalized spacial score (nSPS) is 12.7. The van der Waals surface area contributed by atoms with E-state index in [0.29, 0.717) is 16.5 Å². The highest BCUT2D eigenvalue weighted by Gasteiger charge is 2.18. The number of hydrogen-bond acceptors (Lipinski definition) is 5. The van der Waals surface area contributed by atoms with Crippen molar-refractivity contribution in [2.75, 3.05) is 0 Å². The van der Waals surface area contributed by atoms with E-state index in [-0.39, 0.29) is 24.7 Å². The Kier molecular flexibility index (Phi) is 7.78. The molecule has 0 amide bonds. The number of carboxylic acids is 1. The van der Waals surface area contributed by atoms with E-state index in [1.54, 1.807) is 18.2 Å². The molecule has 0 radical (unpaired) electrons. The van der Waals surface area contributed by atoms with Crippen LogP contribution in [0.4, 0.5) is 5.69 Å². The molecular formula is C24H27ClN4O5. The van der Waals surface area contributed by atoms with Gasteiger partial charge in [-0.05, 0) is 51.5 Å². The molecule has 0 aliphatic carbocycles. The van der Waals surface area contributed by atoms with Crippen LogP contribution < -0.4 is 21.7 Å². The van der Waals surface area contributed by atoms with E-state index in [9.17, 15) is 14.4 Å². The average molecular weight is 487 g/mol. The third-order valence-electron chi connectivity index (χ3n) is 5.02. The molecule has 180 valence electrons. The van der Waals surface area contributed by atoms with E-state index in [0.717, 1.165) is 15.7 Å². The summed E-state index contributed by atoms with van der Waals surface area (Å²) < 4.78 is 7.84. The van der Waals surface area contributed by atoms with Crippen LogP contribution in [0.15, 0.2) is 57.0 Å². The second kappa shape index (κ2) is 10.6. The quantitative estimate of drug-likeness (QED) is 0.505. The first-order chi connectivity index (χ1) is 16.0. The van der Waals surface area contributed by atoms with E-state index in [2.05, 4.69) is 9.98 Å². The van der Waals surface area contributed by atoms with Crippen molar-refractivity contribution >= 4 is 23.3 Å². The van der Waals surface area contributed by atoms with Crippen molar-refractivity contribution < 1.29 is 14.6 Å². The third kappa shape index (κ3) is 6.05. The zero-order chi connectivity index (χ0) is 25.0. The van der Waals surface area contributed by atoms with Gasteiger partial charge in [-0.3, -0.25) is 14.3 Å². The van der Waals surface area contributed by atoms with Crippen molar-refractivity contribution in [3.05, 3.63) is 85.2 Å². The predicted molar refractivity (Wildman–Crippen MR) is 129 cm³/mol. The molecule has 0 fully saturated rings. The number of aromatic amines is 1. The number of hydrogen-bond donors (Lipinski definition) is 2. The molecule has 1 atom stereocenters. The standard InChI is InChI=1S/C24H27ClN4O5/c1-14(2)34-20-10-9-18(12-19(20)25)26-22-27-23(32)29(16(4)11-21(30)31)24(33)28(22)13-17-7-5-15(3)6-8-17/h5-10,12,14,16H,11,13H2,1-4H3,(H,30,31)(H,26,27,32)/t16-/m1/s1. The first-order valence-electron chi connectivity index (χ1n) is 10.8. The molecule has 2 aromatic carbocycles. The van der Waals surface area contributed by atoms with Gasteiger partial charge >= 0.3 is 17.3 Å². The molecule has 1 heterocycles. The molecule has 3 rings (SSSR count). The molecular weight excluding hydrogens is 460 g/mol. The fourth-order valence-electron chi connectivity index (χ4n) is 3.40. The lowest BCUT2D eigenvalue weighted by molar-refractivity contribution is -0.137.